The van der Waals surface area contributed by atoms with E-state index in [2.05, 4.69) is 0 Å². The van der Waals surface area contributed by atoms with Crippen LogP contribution >= 0.6 is 11.6 Å². The summed E-state index contributed by atoms with van der Waals surface area (Å²) in [7, 11) is 3.09. The van der Waals surface area contributed by atoms with E-state index in [1.165, 1.54) is 25.5 Å². The number of benzene rings is 2. The summed E-state index contributed by atoms with van der Waals surface area (Å²) in [6.07, 6.45) is 1.79. The van der Waals surface area contributed by atoms with Crippen molar-refractivity contribution < 1.29 is 9.53 Å². The van der Waals surface area contributed by atoms with Gasteiger partial charge in [-0.3, -0.25) is 23.1 Å². The Morgan fingerprint density at radius 1 is 1.11 bits per heavy atom. The molecule has 3 heterocycles. The van der Waals surface area contributed by atoms with Crippen LogP contribution in [0.25, 0.3) is 33.9 Å². The average Bonchev–Trinajstić information content (AvgIpc) is 3.39. The van der Waals surface area contributed by atoms with Gasteiger partial charge >= 0.3 is 5.69 Å². The molecule has 0 radical (unpaired) electrons. The van der Waals surface area contributed by atoms with E-state index in [0.717, 1.165) is 15.8 Å². The van der Waals surface area contributed by atoms with Gasteiger partial charge in [-0.05, 0) is 32.0 Å². The molecule has 178 valence electrons. The van der Waals surface area contributed by atoms with Gasteiger partial charge in [-0.2, -0.15) is 4.98 Å². The van der Waals surface area contributed by atoms with Crippen molar-refractivity contribution in [3.05, 3.63) is 80.6 Å². The SMILES string of the molecule is COc1ccc(Cl)cc1-n1c(-c2ccccc2)cn2c3c(=O)n(C(C)C(C)=O)c(=O)n(C)c3nc12. The number of hydrogen-bond acceptors (Lipinski definition) is 5. The number of carbonyl (C=O) groups is 1. The van der Waals surface area contributed by atoms with Crippen LogP contribution in [0.2, 0.25) is 5.02 Å². The maximum Gasteiger partial charge on any atom is 0.333 e. The van der Waals surface area contributed by atoms with Gasteiger partial charge in [-0.1, -0.05) is 41.9 Å². The predicted octanol–water partition coefficient (Wildman–Crippen LogP) is 3.62. The monoisotopic (exact) mass is 491 g/mol. The number of aromatic nitrogens is 5. The summed E-state index contributed by atoms with van der Waals surface area (Å²) in [5.41, 5.74) is 1.41. The van der Waals surface area contributed by atoms with Gasteiger partial charge in [0.2, 0.25) is 5.78 Å². The number of ether oxygens (including phenoxy) is 1. The van der Waals surface area contributed by atoms with Crippen molar-refractivity contribution >= 4 is 34.3 Å². The Hall–Kier alpha value is -4.11. The van der Waals surface area contributed by atoms with Gasteiger partial charge in [0, 0.05) is 23.8 Å². The molecule has 0 saturated carbocycles. The number of carbonyl (C=O) groups excluding carboxylic acids is 1. The minimum absolute atomic E-state index is 0.187. The van der Waals surface area contributed by atoms with Gasteiger partial charge < -0.3 is 4.74 Å². The van der Waals surface area contributed by atoms with Crippen molar-refractivity contribution in [2.75, 3.05) is 7.11 Å². The number of imidazole rings is 2. The number of fused-ring (bicyclic) bond motifs is 3. The number of Topliss-reactive ketones (excluding diaryl/α,β-unsaturated/α-hetero) is 1. The zero-order valence-electron chi connectivity index (χ0n) is 19.5. The number of hydrogen-bond donors (Lipinski definition) is 0. The van der Waals surface area contributed by atoms with Gasteiger partial charge in [0.15, 0.2) is 16.9 Å². The zero-order chi connectivity index (χ0) is 25.0. The lowest BCUT2D eigenvalue weighted by Gasteiger charge is -2.13. The molecule has 0 aliphatic rings. The number of ketones is 1. The van der Waals surface area contributed by atoms with Gasteiger partial charge in [-0.25, -0.2) is 9.36 Å². The number of rotatable bonds is 5. The largest absolute Gasteiger partial charge is 0.495 e. The van der Waals surface area contributed by atoms with Crippen molar-refractivity contribution in [3.63, 3.8) is 0 Å². The van der Waals surface area contributed by atoms with Crippen LogP contribution in [-0.2, 0) is 11.8 Å². The number of aryl methyl sites for hydroxylation is 1. The second kappa shape index (κ2) is 8.28. The maximum atomic E-state index is 13.6. The van der Waals surface area contributed by atoms with E-state index < -0.39 is 17.3 Å². The molecule has 0 N–H and O–H groups in total. The topological polar surface area (TPSA) is 92.5 Å². The highest BCUT2D eigenvalue weighted by atomic mass is 35.5. The fraction of sp³-hybridized carbons (Fsp3) is 0.200. The van der Waals surface area contributed by atoms with Crippen molar-refractivity contribution in [2.24, 2.45) is 7.05 Å². The van der Waals surface area contributed by atoms with Crippen LogP contribution in [-0.4, -0.2) is 36.0 Å². The van der Waals surface area contributed by atoms with Crippen molar-refractivity contribution in [3.8, 4) is 22.7 Å². The first-order chi connectivity index (χ1) is 16.7. The van der Waals surface area contributed by atoms with Gasteiger partial charge in [0.05, 0.1) is 24.5 Å². The lowest BCUT2D eigenvalue weighted by molar-refractivity contribution is -0.119. The van der Waals surface area contributed by atoms with E-state index in [0.29, 0.717) is 22.2 Å². The van der Waals surface area contributed by atoms with Crippen LogP contribution in [0.1, 0.15) is 19.9 Å². The molecule has 10 heteroatoms. The molecular formula is C25H22ClN5O4. The molecular weight excluding hydrogens is 470 g/mol. The smallest absolute Gasteiger partial charge is 0.333 e. The standard InChI is InChI=1S/C25H22ClN5O4/c1-14(15(2)32)30-23(33)21-22(28(3)25(30)34)27-24-29(21)13-19(16-8-6-5-7-9-16)31(24)18-12-17(26)10-11-20(18)35-4/h5-14H,1-4H3. The van der Waals surface area contributed by atoms with Crippen LogP contribution in [0.15, 0.2) is 64.3 Å². The van der Waals surface area contributed by atoms with Crippen molar-refractivity contribution in [2.45, 2.75) is 19.9 Å². The summed E-state index contributed by atoms with van der Waals surface area (Å²) < 4.78 is 11.3. The predicted molar refractivity (Wildman–Crippen MR) is 134 cm³/mol. The molecule has 3 aromatic heterocycles. The molecule has 0 bridgehead atoms. The Kier molecular flexibility index (Phi) is 5.36. The highest BCUT2D eigenvalue weighted by molar-refractivity contribution is 6.30. The Balaban J connectivity index is 1.98. The fourth-order valence-electron chi connectivity index (χ4n) is 4.27. The Bertz CT molecular complexity index is 1740. The molecule has 1 unspecified atom stereocenters. The minimum Gasteiger partial charge on any atom is -0.495 e. The quantitative estimate of drug-likeness (QED) is 0.374. The van der Waals surface area contributed by atoms with Gasteiger partial charge in [-0.15, -0.1) is 0 Å². The van der Waals surface area contributed by atoms with Crippen LogP contribution < -0.4 is 16.0 Å². The molecule has 35 heavy (non-hydrogen) atoms. The van der Waals surface area contributed by atoms with E-state index in [4.69, 9.17) is 21.3 Å². The molecule has 0 spiro atoms. The zero-order valence-corrected chi connectivity index (χ0v) is 20.3. The van der Waals surface area contributed by atoms with Crippen LogP contribution in [0.5, 0.6) is 5.75 Å². The molecule has 0 aliphatic heterocycles. The Morgan fingerprint density at radius 3 is 2.49 bits per heavy atom. The van der Waals surface area contributed by atoms with Gasteiger partial charge in [0.1, 0.15) is 5.75 Å². The second-order valence-electron chi connectivity index (χ2n) is 8.29. The Labute approximate surface area is 204 Å². The minimum atomic E-state index is -0.917. The summed E-state index contributed by atoms with van der Waals surface area (Å²) in [5, 5.41) is 0.493. The number of halogens is 1. The number of methoxy groups -OCH3 is 1. The highest BCUT2D eigenvalue weighted by Gasteiger charge is 2.26. The molecule has 1 atom stereocenters. The van der Waals surface area contributed by atoms with E-state index in [-0.39, 0.29) is 16.9 Å². The van der Waals surface area contributed by atoms with E-state index in [1.807, 2.05) is 34.9 Å². The van der Waals surface area contributed by atoms with Crippen LogP contribution in [0.3, 0.4) is 0 Å². The first-order valence-electron chi connectivity index (χ1n) is 10.9. The van der Waals surface area contributed by atoms with Crippen molar-refractivity contribution in [1.82, 2.24) is 23.1 Å². The van der Waals surface area contributed by atoms with E-state index >= 15 is 0 Å². The molecule has 0 amide bonds. The first-order valence-corrected chi connectivity index (χ1v) is 11.3. The third-order valence-corrected chi connectivity index (χ3v) is 6.46. The average molecular weight is 492 g/mol. The third kappa shape index (κ3) is 3.38. The lowest BCUT2D eigenvalue weighted by atomic mass is 10.1. The maximum absolute atomic E-state index is 13.6. The van der Waals surface area contributed by atoms with Crippen LogP contribution in [0, 0.1) is 0 Å². The van der Waals surface area contributed by atoms with Gasteiger partial charge in [0.25, 0.3) is 5.56 Å². The summed E-state index contributed by atoms with van der Waals surface area (Å²) in [6.45, 7) is 2.88. The molecule has 5 aromatic rings. The first kappa shape index (κ1) is 22.7. The molecule has 2 aromatic carbocycles. The highest BCUT2D eigenvalue weighted by Crippen LogP contribution is 2.34. The Morgan fingerprint density at radius 2 is 1.83 bits per heavy atom. The van der Waals surface area contributed by atoms with E-state index in [1.54, 1.807) is 35.9 Å². The lowest BCUT2D eigenvalue weighted by Crippen LogP contribution is -2.42. The normalized spacial score (nSPS) is 12.4. The summed E-state index contributed by atoms with van der Waals surface area (Å²) in [5.74, 6) is 0.642. The molecule has 0 aliphatic carbocycles. The van der Waals surface area contributed by atoms with Crippen molar-refractivity contribution in [1.29, 1.82) is 0 Å². The fourth-order valence-corrected chi connectivity index (χ4v) is 4.44. The second-order valence-corrected chi connectivity index (χ2v) is 8.73. The van der Waals surface area contributed by atoms with Crippen LogP contribution in [0.4, 0.5) is 0 Å². The molecule has 0 saturated heterocycles. The molecule has 0 fully saturated rings. The summed E-state index contributed by atoms with van der Waals surface area (Å²) in [4.78, 5) is 43.4. The summed E-state index contributed by atoms with van der Waals surface area (Å²) >= 11 is 6.35. The number of nitrogens with zero attached hydrogens (tertiary/aromatic N) is 5. The molecule has 5 rings (SSSR count). The summed E-state index contributed by atoms with van der Waals surface area (Å²) in [6, 6.07) is 13.9. The van der Waals surface area contributed by atoms with E-state index in [9.17, 15) is 14.4 Å². The molecule has 9 nitrogen and oxygen atoms in total. The third-order valence-electron chi connectivity index (χ3n) is 6.23.